The predicted octanol–water partition coefficient (Wildman–Crippen LogP) is 23.2. The van der Waals surface area contributed by atoms with Gasteiger partial charge in [-0.2, -0.15) is 10.5 Å². The highest BCUT2D eigenvalue weighted by Crippen LogP contribution is 2.44. The number of pyridine rings is 2. The Bertz CT molecular complexity index is 5440. The molecule has 0 fully saturated rings. The smallest absolute Gasteiger partial charge is 0.0991 e. The second kappa shape index (κ2) is 24.9. The molecule has 0 spiro atoms. The minimum atomic E-state index is 0.618. The maximum atomic E-state index is 9.62. The van der Waals surface area contributed by atoms with Crippen LogP contribution in [0, 0.1) is 22.7 Å². The molecule has 0 atom stereocenters. The Morgan fingerprint density at radius 3 is 0.804 bits per heavy atom. The van der Waals surface area contributed by atoms with Crippen molar-refractivity contribution in [3.63, 3.8) is 0 Å². The highest BCUT2D eigenvalue weighted by atomic mass is 14.7. The number of rotatable bonds is 10. The second-order valence-electron chi connectivity index (χ2n) is 23.0. The van der Waals surface area contributed by atoms with Crippen molar-refractivity contribution in [2.75, 3.05) is 0 Å². The summed E-state index contributed by atoms with van der Waals surface area (Å²) in [4.78, 5) is 10.6. The largest absolute Gasteiger partial charge is 0.247 e. The van der Waals surface area contributed by atoms with Gasteiger partial charge < -0.3 is 0 Å². The fraction of sp³-hybridized carbons (Fsp3) is 0. The van der Waals surface area contributed by atoms with E-state index < -0.39 is 0 Å². The van der Waals surface area contributed by atoms with Gasteiger partial charge in [-0.1, -0.05) is 291 Å². The summed E-state index contributed by atoms with van der Waals surface area (Å²) in [6, 6.07) is 123. The minimum Gasteiger partial charge on any atom is -0.247 e. The maximum Gasteiger partial charge on any atom is 0.0991 e. The third-order valence-electron chi connectivity index (χ3n) is 17.4. The van der Waals surface area contributed by atoms with E-state index in [4.69, 9.17) is 9.97 Å². The van der Waals surface area contributed by atoms with E-state index in [1.807, 2.05) is 72.8 Å². The first kappa shape index (κ1) is 55.9. The van der Waals surface area contributed by atoms with Gasteiger partial charge in [0.25, 0.3) is 0 Å². The van der Waals surface area contributed by atoms with Crippen LogP contribution in [-0.2, 0) is 0 Å². The molecule has 428 valence electrons. The van der Waals surface area contributed by atoms with Gasteiger partial charge >= 0.3 is 0 Å². The second-order valence-corrected chi connectivity index (χ2v) is 23.0. The summed E-state index contributed by atoms with van der Waals surface area (Å²) in [5, 5.41) is 25.7. The van der Waals surface area contributed by atoms with Gasteiger partial charge in [-0.25, -0.2) is 9.97 Å². The molecule has 0 aliphatic heterocycles. The average molecular weight is 1170 g/mol. The zero-order valence-electron chi connectivity index (χ0n) is 50.1. The van der Waals surface area contributed by atoms with Gasteiger partial charge in [-0.3, -0.25) is 0 Å². The SMILES string of the molecule is N#Cc1ccc(-c2cc(-c3ccc(-c4ccccc4)cc3)c3cc(-c4ccc(-c5ccccc5)cc4)c4ccccc4c3n2)cc1.N#Cc1cccc(-c2cc(-c3ccc(-c4ccccc4)cc3)c3cc(-c4ccc(-c5ccccc5)cc4)c4ccccc4c3n2)c1. The summed E-state index contributed by atoms with van der Waals surface area (Å²) in [6.45, 7) is 0. The highest BCUT2D eigenvalue weighted by Gasteiger charge is 2.19. The standard InChI is InChI=1S/2C44H28N2/c45-29-30-10-9-15-37(26-30)43-28-41(36-24-20-34(21-25-36)32-13-5-2-6-14-32)42-27-40(38-16-7-8-17-39(38)44(42)46-43)35-22-18-33(19-23-35)31-11-3-1-4-12-31;45-29-30-15-17-37(18-16-30)43-28-41(36-25-21-34(22-26-36)32-11-5-2-6-12-32)42-27-40(38-13-7-8-14-39(38)44(42)46-43)35-23-19-33(20-24-35)31-9-3-1-4-10-31/h2*1-28H. The van der Waals surface area contributed by atoms with Gasteiger partial charge in [0.05, 0.1) is 45.7 Å². The Morgan fingerprint density at radius 2 is 0.457 bits per heavy atom. The van der Waals surface area contributed by atoms with E-state index in [-0.39, 0.29) is 0 Å². The summed E-state index contributed by atoms with van der Waals surface area (Å²) >= 11 is 0. The topological polar surface area (TPSA) is 73.4 Å². The fourth-order valence-electron chi connectivity index (χ4n) is 12.7. The minimum absolute atomic E-state index is 0.618. The lowest BCUT2D eigenvalue weighted by atomic mass is 9.90. The molecular formula is C88H56N4. The van der Waals surface area contributed by atoms with Crippen molar-refractivity contribution in [1.82, 2.24) is 9.97 Å². The maximum absolute atomic E-state index is 9.62. The number of nitriles is 2. The summed E-state index contributed by atoms with van der Waals surface area (Å²) in [6.07, 6.45) is 0. The molecule has 0 radical (unpaired) electrons. The number of hydrogen-bond donors (Lipinski definition) is 0. The molecule has 0 N–H and O–H groups in total. The number of aromatic nitrogens is 2. The van der Waals surface area contributed by atoms with Crippen LogP contribution >= 0.6 is 0 Å². The molecule has 0 saturated heterocycles. The summed E-state index contributed by atoms with van der Waals surface area (Å²) in [5.41, 5.74) is 25.5. The molecule has 0 amide bonds. The molecule has 4 heteroatoms. The van der Waals surface area contributed by atoms with E-state index in [1.165, 1.54) is 61.2 Å². The van der Waals surface area contributed by atoms with Crippen LogP contribution in [0.15, 0.2) is 340 Å². The fourth-order valence-corrected chi connectivity index (χ4v) is 12.7. The van der Waals surface area contributed by atoms with Gasteiger partial charge in [0.2, 0.25) is 0 Å². The van der Waals surface area contributed by atoms with E-state index in [9.17, 15) is 10.5 Å². The van der Waals surface area contributed by atoms with Gasteiger partial charge in [-0.05, 0) is 148 Å². The summed E-state index contributed by atoms with van der Waals surface area (Å²) < 4.78 is 0. The molecule has 0 aliphatic carbocycles. The van der Waals surface area contributed by atoms with E-state index in [2.05, 4.69) is 279 Å². The summed E-state index contributed by atoms with van der Waals surface area (Å²) in [7, 11) is 0. The first-order valence-corrected chi connectivity index (χ1v) is 30.9. The third-order valence-corrected chi connectivity index (χ3v) is 17.4. The lowest BCUT2D eigenvalue weighted by Gasteiger charge is -2.16. The van der Waals surface area contributed by atoms with Gasteiger partial charge in [0, 0.05) is 32.7 Å². The Labute approximate surface area is 535 Å². The van der Waals surface area contributed by atoms with Crippen molar-refractivity contribution in [3.05, 3.63) is 351 Å². The van der Waals surface area contributed by atoms with E-state index in [0.29, 0.717) is 11.1 Å². The molecule has 92 heavy (non-hydrogen) atoms. The van der Waals surface area contributed by atoms with Crippen LogP contribution in [0.5, 0.6) is 0 Å². The Morgan fingerprint density at radius 1 is 0.185 bits per heavy atom. The zero-order chi connectivity index (χ0) is 61.7. The summed E-state index contributed by atoms with van der Waals surface area (Å²) in [5.74, 6) is 0. The third kappa shape index (κ3) is 11.1. The lowest BCUT2D eigenvalue weighted by Crippen LogP contribution is -1.94. The predicted molar refractivity (Wildman–Crippen MR) is 382 cm³/mol. The quantitative estimate of drug-likeness (QED) is 0.128. The van der Waals surface area contributed by atoms with Crippen molar-refractivity contribution >= 4 is 43.4 Å². The van der Waals surface area contributed by atoms with Crippen LogP contribution in [-0.4, -0.2) is 9.97 Å². The Kier molecular flexibility index (Phi) is 15.1. The van der Waals surface area contributed by atoms with Crippen molar-refractivity contribution in [1.29, 1.82) is 10.5 Å². The average Bonchev–Trinajstić information content (AvgIpc) is 0.778. The van der Waals surface area contributed by atoms with Crippen LogP contribution in [0.4, 0.5) is 0 Å². The van der Waals surface area contributed by atoms with Gasteiger partial charge in [0.1, 0.15) is 0 Å². The van der Waals surface area contributed by atoms with E-state index >= 15 is 0 Å². The van der Waals surface area contributed by atoms with Crippen molar-refractivity contribution in [2.45, 2.75) is 0 Å². The number of hydrogen-bond acceptors (Lipinski definition) is 4. The van der Waals surface area contributed by atoms with Crippen molar-refractivity contribution < 1.29 is 0 Å². The molecule has 2 heterocycles. The van der Waals surface area contributed by atoms with Crippen molar-refractivity contribution in [2.24, 2.45) is 0 Å². The van der Waals surface area contributed by atoms with E-state index in [1.54, 1.807) is 0 Å². The molecule has 0 unspecified atom stereocenters. The first-order chi connectivity index (χ1) is 45.5. The number of fused-ring (bicyclic) bond motifs is 6. The highest BCUT2D eigenvalue weighted by molar-refractivity contribution is 6.18. The molecule has 4 nitrogen and oxygen atoms in total. The van der Waals surface area contributed by atoms with Crippen molar-refractivity contribution in [3.8, 4) is 124 Å². The van der Waals surface area contributed by atoms with Gasteiger partial charge in [-0.15, -0.1) is 0 Å². The Hall–Kier alpha value is -12.6. The monoisotopic (exact) mass is 1170 g/mol. The van der Waals surface area contributed by atoms with Crippen LogP contribution < -0.4 is 0 Å². The number of benzene rings is 14. The van der Waals surface area contributed by atoms with Crippen LogP contribution in [0.2, 0.25) is 0 Å². The van der Waals surface area contributed by atoms with Gasteiger partial charge in [0.15, 0.2) is 0 Å². The molecule has 2 aromatic heterocycles. The molecule has 16 aromatic rings. The van der Waals surface area contributed by atoms with Crippen LogP contribution in [0.25, 0.3) is 155 Å². The van der Waals surface area contributed by atoms with E-state index in [0.717, 1.165) is 93.7 Å². The molecule has 0 aliphatic rings. The molecule has 14 aromatic carbocycles. The van der Waals surface area contributed by atoms with Crippen LogP contribution in [0.3, 0.4) is 0 Å². The zero-order valence-corrected chi connectivity index (χ0v) is 50.1. The molecular weight excluding hydrogens is 1110 g/mol. The normalized spacial score (nSPS) is 11.0. The molecule has 0 bridgehead atoms. The Balaban J connectivity index is 0.000000153. The lowest BCUT2D eigenvalue weighted by molar-refractivity contribution is 1.40. The number of nitrogens with zero attached hydrogens (tertiary/aromatic N) is 4. The first-order valence-electron chi connectivity index (χ1n) is 30.9. The molecule has 0 saturated carbocycles. The molecule has 16 rings (SSSR count). The van der Waals surface area contributed by atoms with Crippen LogP contribution in [0.1, 0.15) is 11.1 Å².